The minimum atomic E-state index is -1.02. The number of carbonyl (C=O) groups is 1. The van der Waals surface area contributed by atoms with E-state index >= 15 is 0 Å². The Morgan fingerprint density at radius 2 is 1.71 bits per heavy atom. The van der Waals surface area contributed by atoms with Gasteiger partial charge in [0.25, 0.3) is 0 Å². The second-order valence-corrected chi connectivity index (χ2v) is 12.2. The molecule has 178 valence electrons. The zero-order chi connectivity index (χ0) is 22.7. The fraction of sp³-hybridized carbons (Fsp3) is 0.962. The van der Waals surface area contributed by atoms with Gasteiger partial charge in [-0.2, -0.15) is 0 Å². The van der Waals surface area contributed by atoms with Crippen LogP contribution in [0.4, 0.5) is 0 Å². The summed E-state index contributed by atoms with van der Waals surface area (Å²) in [5.41, 5.74) is 0.0807. The van der Waals surface area contributed by atoms with Gasteiger partial charge in [-0.1, -0.05) is 34.1 Å². The van der Waals surface area contributed by atoms with Crippen LogP contribution >= 0.6 is 0 Å². The molecule has 3 unspecified atom stereocenters. The molecule has 0 spiro atoms. The average Bonchev–Trinajstić information content (AvgIpc) is 2.98. The lowest BCUT2D eigenvalue weighted by Crippen LogP contribution is -2.62. The summed E-state index contributed by atoms with van der Waals surface area (Å²) in [4.78, 5) is 11.0. The van der Waals surface area contributed by atoms with Gasteiger partial charge in [0.05, 0.1) is 18.3 Å². The summed E-state index contributed by atoms with van der Waals surface area (Å²) in [6.45, 7) is 8.98. The molecule has 0 aromatic carbocycles. The Hall–Kier alpha value is -0.650. The Morgan fingerprint density at radius 3 is 2.35 bits per heavy atom. The molecule has 4 aliphatic carbocycles. The molecule has 0 radical (unpaired) electrons. The van der Waals surface area contributed by atoms with Gasteiger partial charge in [0.15, 0.2) is 0 Å². The van der Waals surface area contributed by atoms with Crippen LogP contribution in [0.2, 0.25) is 0 Å². The van der Waals surface area contributed by atoms with Crippen LogP contribution < -0.4 is 5.11 Å². The number of carbonyl (C=O) groups excluding carboxylic acids is 1. The van der Waals surface area contributed by atoms with Gasteiger partial charge in [-0.25, -0.2) is 0 Å². The van der Waals surface area contributed by atoms with E-state index in [1.165, 1.54) is 0 Å². The fourth-order valence-electron chi connectivity index (χ4n) is 9.57. The van der Waals surface area contributed by atoms with Crippen molar-refractivity contribution in [3.8, 4) is 0 Å². The molecular weight excluding hydrogens is 392 g/mol. The Kier molecular flexibility index (Phi) is 6.28. The molecule has 0 amide bonds. The summed E-state index contributed by atoms with van der Waals surface area (Å²) in [7, 11) is 0. The maximum Gasteiger partial charge on any atom is 0.0605 e. The van der Waals surface area contributed by atoms with Gasteiger partial charge < -0.3 is 25.2 Å². The third-order valence-electron chi connectivity index (χ3n) is 10.9. The maximum atomic E-state index is 11.7. The summed E-state index contributed by atoms with van der Waals surface area (Å²) >= 11 is 0. The summed E-state index contributed by atoms with van der Waals surface area (Å²) in [5.74, 6) is 0.640. The lowest BCUT2D eigenvalue weighted by Gasteiger charge is -2.64. The molecule has 0 saturated heterocycles. The zero-order valence-electron chi connectivity index (χ0n) is 19.8. The Bertz CT molecular complexity index is 681. The van der Waals surface area contributed by atoms with Gasteiger partial charge in [-0.3, -0.25) is 0 Å². The summed E-state index contributed by atoms with van der Waals surface area (Å²) in [6, 6.07) is 0. The van der Waals surface area contributed by atoms with Gasteiger partial charge in [-0.15, -0.1) is 0 Å². The van der Waals surface area contributed by atoms with Crippen LogP contribution in [-0.4, -0.2) is 39.6 Å². The van der Waals surface area contributed by atoms with E-state index in [-0.39, 0.29) is 59.0 Å². The van der Waals surface area contributed by atoms with Gasteiger partial charge in [0.2, 0.25) is 0 Å². The lowest BCUT2D eigenvalue weighted by atomic mass is 9.41. The van der Waals surface area contributed by atoms with E-state index in [4.69, 9.17) is 0 Å². The van der Waals surface area contributed by atoms with Crippen molar-refractivity contribution < 1.29 is 25.2 Å². The predicted molar refractivity (Wildman–Crippen MR) is 117 cm³/mol. The third-order valence-corrected chi connectivity index (χ3v) is 10.9. The van der Waals surface area contributed by atoms with E-state index in [1.54, 1.807) is 0 Å². The molecule has 3 N–H and O–H groups in total. The molecular formula is C26H43O5-. The van der Waals surface area contributed by atoms with E-state index < -0.39 is 12.1 Å². The highest BCUT2D eigenvalue weighted by Gasteiger charge is 2.66. The fourth-order valence-corrected chi connectivity index (χ4v) is 9.57. The first-order valence-electron chi connectivity index (χ1n) is 12.8. The van der Waals surface area contributed by atoms with E-state index in [1.807, 2.05) is 0 Å². The number of rotatable bonds is 5. The molecule has 0 aromatic rings. The Labute approximate surface area is 187 Å². The second-order valence-electron chi connectivity index (χ2n) is 12.2. The first kappa shape index (κ1) is 23.5. The smallest absolute Gasteiger partial charge is 0.0605 e. The van der Waals surface area contributed by atoms with E-state index in [2.05, 4.69) is 27.7 Å². The molecule has 0 heterocycles. The predicted octanol–water partition coefficient (Wildman–Crippen LogP) is 2.75. The number of carboxylic acid groups (broad SMARTS) is 1. The largest absolute Gasteiger partial charge is 0.550 e. The van der Waals surface area contributed by atoms with Crippen molar-refractivity contribution in [3.05, 3.63) is 0 Å². The van der Waals surface area contributed by atoms with Crippen molar-refractivity contribution in [1.29, 1.82) is 0 Å². The van der Waals surface area contributed by atoms with Crippen LogP contribution in [0.25, 0.3) is 0 Å². The molecule has 4 saturated carbocycles. The number of fused-ring (bicyclic) bond motifs is 5. The SMILES string of the molecule is CC[C@H]1[C@@H](O)C2C3C[C@H](O)[C@H]([C@H](C)CCC(=O)[O-])[C@@]3(C)CCC2[C@@]2(C)CC[C@@H](O)C[C@@H]12. The monoisotopic (exact) mass is 435 g/mol. The first-order valence-corrected chi connectivity index (χ1v) is 12.8. The zero-order valence-corrected chi connectivity index (χ0v) is 19.8. The van der Waals surface area contributed by atoms with Gasteiger partial charge in [0, 0.05) is 5.97 Å². The number of aliphatic hydroxyl groups excluding tert-OH is 3. The lowest BCUT2D eigenvalue weighted by molar-refractivity contribution is -0.306. The first-order chi connectivity index (χ1) is 14.5. The van der Waals surface area contributed by atoms with Crippen molar-refractivity contribution >= 4 is 5.97 Å². The molecule has 4 fully saturated rings. The minimum Gasteiger partial charge on any atom is -0.550 e. The third kappa shape index (κ3) is 3.58. The van der Waals surface area contributed by atoms with Crippen LogP contribution in [0.1, 0.15) is 85.5 Å². The maximum absolute atomic E-state index is 11.7. The number of carboxylic acids is 1. The Balaban J connectivity index is 1.65. The second kappa shape index (κ2) is 8.29. The highest BCUT2D eigenvalue weighted by atomic mass is 16.4. The molecule has 0 bridgehead atoms. The molecule has 12 atom stereocenters. The van der Waals surface area contributed by atoms with Crippen molar-refractivity contribution in [2.45, 2.75) is 104 Å². The molecule has 0 aliphatic heterocycles. The topological polar surface area (TPSA) is 101 Å². The Morgan fingerprint density at radius 1 is 1.03 bits per heavy atom. The van der Waals surface area contributed by atoms with Gasteiger partial charge in [0.1, 0.15) is 0 Å². The van der Waals surface area contributed by atoms with Crippen LogP contribution in [0.15, 0.2) is 0 Å². The van der Waals surface area contributed by atoms with Crippen LogP contribution in [0.3, 0.4) is 0 Å². The van der Waals surface area contributed by atoms with Crippen molar-refractivity contribution in [2.75, 3.05) is 0 Å². The standard InChI is InChI=1S/C26H44O5/c1-5-16-18-12-15(27)8-10-25(18,3)17-9-11-26(4)19(22(17)24(16)31)13-20(28)23(26)14(2)6-7-21(29)30/h14-20,22-24,27-28,31H,5-13H2,1-4H3,(H,29,30)/p-1/t14-,15-,16-,17?,18+,19?,20+,22?,23+,24-,25-,26+/m1/s1. The molecule has 0 aromatic heterocycles. The van der Waals surface area contributed by atoms with E-state index in [9.17, 15) is 25.2 Å². The van der Waals surface area contributed by atoms with Crippen molar-refractivity contribution in [3.63, 3.8) is 0 Å². The van der Waals surface area contributed by atoms with Crippen LogP contribution in [0, 0.1) is 52.3 Å². The molecule has 5 nitrogen and oxygen atoms in total. The minimum absolute atomic E-state index is 0.0415. The van der Waals surface area contributed by atoms with Crippen molar-refractivity contribution in [1.82, 2.24) is 0 Å². The van der Waals surface area contributed by atoms with E-state index in [0.717, 1.165) is 44.9 Å². The van der Waals surface area contributed by atoms with Crippen LogP contribution in [0.5, 0.6) is 0 Å². The van der Waals surface area contributed by atoms with Crippen LogP contribution in [-0.2, 0) is 4.79 Å². The highest BCUT2D eigenvalue weighted by molar-refractivity contribution is 5.64. The quantitative estimate of drug-likeness (QED) is 0.616. The van der Waals surface area contributed by atoms with Gasteiger partial charge in [-0.05, 0) is 104 Å². The molecule has 4 rings (SSSR count). The highest BCUT2D eigenvalue weighted by Crippen LogP contribution is 2.69. The van der Waals surface area contributed by atoms with Gasteiger partial charge >= 0.3 is 0 Å². The van der Waals surface area contributed by atoms with Crippen molar-refractivity contribution in [2.24, 2.45) is 52.3 Å². The molecule has 31 heavy (non-hydrogen) atoms. The summed E-state index contributed by atoms with van der Waals surface area (Å²) < 4.78 is 0. The number of hydrogen-bond acceptors (Lipinski definition) is 5. The summed E-state index contributed by atoms with van der Waals surface area (Å²) in [5, 5.41) is 44.3. The summed E-state index contributed by atoms with van der Waals surface area (Å²) in [6.07, 6.45) is 5.95. The van der Waals surface area contributed by atoms with E-state index in [0.29, 0.717) is 18.3 Å². The average molecular weight is 436 g/mol. The number of aliphatic carboxylic acids is 1. The number of aliphatic hydroxyl groups is 3. The number of hydrogen-bond donors (Lipinski definition) is 3. The molecule has 5 heteroatoms. The molecule has 4 aliphatic rings. The normalized spacial score (nSPS) is 52.7.